The van der Waals surface area contributed by atoms with Crippen molar-refractivity contribution >= 4 is 29.7 Å². The summed E-state index contributed by atoms with van der Waals surface area (Å²) < 4.78 is 5.21. The molecule has 12 heteroatoms. The lowest BCUT2D eigenvalue weighted by atomic mass is 10.0. The van der Waals surface area contributed by atoms with Gasteiger partial charge in [-0.2, -0.15) is 0 Å². The maximum absolute atomic E-state index is 12.8. The first-order valence-electron chi connectivity index (χ1n) is 12.8. The molecule has 2 aromatic rings. The number of benzene rings is 2. The molecule has 0 aliphatic carbocycles. The van der Waals surface area contributed by atoms with Crippen molar-refractivity contribution in [3.8, 4) is 5.75 Å². The molecular weight excluding hydrogens is 520 g/mol. The molecule has 0 saturated carbocycles. The van der Waals surface area contributed by atoms with Gasteiger partial charge in [-0.05, 0) is 42.0 Å². The average Bonchev–Trinajstić information content (AvgIpc) is 2.91. The molecule has 0 radical (unpaired) electrons. The number of hydrogen-bond acceptors (Lipinski definition) is 8. The van der Waals surface area contributed by atoms with Gasteiger partial charge < -0.3 is 36.6 Å². The monoisotopic (exact) mass is 556 g/mol. The Morgan fingerprint density at radius 3 is 2.05 bits per heavy atom. The molecule has 0 heterocycles. The van der Waals surface area contributed by atoms with E-state index >= 15 is 0 Å². The topological polar surface area (TPSA) is 197 Å². The Hall–Kier alpha value is -4.45. The lowest BCUT2D eigenvalue weighted by Gasteiger charge is -2.22. The zero-order valence-corrected chi connectivity index (χ0v) is 22.5. The summed E-state index contributed by atoms with van der Waals surface area (Å²) in [6.07, 6.45) is -1.03. The average molecular weight is 557 g/mol. The number of rotatable bonds is 15. The summed E-state index contributed by atoms with van der Waals surface area (Å²) in [6, 6.07) is 12.8. The fraction of sp³-hybridized carbons (Fsp3) is 0.393. The molecule has 3 amide bonds. The van der Waals surface area contributed by atoms with Crippen molar-refractivity contribution in [3.63, 3.8) is 0 Å². The summed E-state index contributed by atoms with van der Waals surface area (Å²) in [7, 11) is 0. The van der Waals surface area contributed by atoms with Gasteiger partial charge in [-0.1, -0.05) is 56.3 Å². The van der Waals surface area contributed by atoms with Crippen LogP contribution in [0, 0.1) is 5.92 Å². The summed E-state index contributed by atoms with van der Waals surface area (Å²) in [6.45, 7) is 2.66. The van der Waals surface area contributed by atoms with E-state index in [9.17, 15) is 34.2 Å². The third kappa shape index (κ3) is 11.5. The smallest absolute Gasteiger partial charge is 0.345 e. The second-order valence-electron chi connectivity index (χ2n) is 9.67. The summed E-state index contributed by atoms with van der Waals surface area (Å²) in [5, 5.41) is 26.0. The lowest BCUT2D eigenvalue weighted by Crippen LogP contribution is -2.50. The highest BCUT2D eigenvalue weighted by Gasteiger charge is 2.29. The Balaban J connectivity index is 1.88. The molecular formula is C28H36N4O8. The highest BCUT2D eigenvalue weighted by Crippen LogP contribution is 2.12. The number of amides is 3. The molecule has 0 saturated heterocycles. The number of nitrogens with two attached hydrogens (primary N) is 1. The van der Waals surface area contributed by atoms with Crippen LogP contribution in [-0.2, 0) is 41.6 Å². The van der Waals surface area contributed by atoms with Gasteiger partial charge in [0.15, 0.2) is 6.10 Å². The highest BCUT2D eigenvalue weighted by atomic mass is 16.6. The Labute approximate surface area is 232 Å². The fourth-order valence-electron chi connectivity index (χ4n) is 3.66. The molecule has 40 heavy (non-hydrogen) atoms. The van der Waals surface area contributed by atoms with Crippen LogP contribution in [0.1, 0.15) is 31.4 Å². The third-order valence-electron chi connectivity index (χ3n) is 5.72. The molecule has 7 N–H and O–H groups in total. The molecule has 0 aliphatic heterocycles. The number of phenolic OH excluding ortho intramolecular Hbond substituents is 1. The first-order valence-corrected chi connectivity index (χ1v) is 12.8. The predicted molar refractivity (Wildman–Crippen MR) is 145 cm³/mol. The number of phenols is 1. The van der Waals surface area contributed by atoms with Crippen molar-refractivity contribution in [1.29, 1.82) is 0 Å². The van der Waals surface area contributed by atoms with E-state index < -0.39 is 60.9 Å². The van der Waals surface area contributed by atoms with Crippen LogP contribution in [0.4, 0.5) is 0 Å². The SMILES string of the molecule is CC(C)C[C@H](OC(=O)[C@H](Cc1ccccc1)NC(=O)CNC(=O)CNC(=O)[C@@H](N)Cc1ccc(O)cc1)C(=O)O. The normalized spacial score (nSPS) is 13.0. The van der Waals surface area contributed by atoms with Crippen LogP contribution < -0.4 is 21.7 Å². The molecule has 0 aliphatic rings. The third-order valence-corrected chi connectivity index (χ3v) is 5.72. The molecule has 0 aromatic heterocycles. The van der Waals surface area contributed by atoms with Crippen molar-refractivity contribution < 1.29 is 38.9 Å². The molecule has 216 valence electrons. The molecule has 2 aromatic carbocycles. The zero-order valence-electron chi connectivity index (χ0n) is 22.5. The van der Waals surface area contributed by atoms with Crippen LogP contribution in [0.3, 0.4) is 0 Å². The number of esters is 1. The number of carbonyl (C=O) groups is 5. The van der Waals surface area contributed by atoms with E-state index in [1.807, 2.05) is 0 Å². The van der Waals surface area contributed by atoms with Gasteiger partial charge in [-0.3, -0.25) is 14.4 Å². The summed E-state index contributed by atoms with van der Waals surface area (Å²) in [5.74, 6) is -4.11. The molecule has 0 bridgehead atoms. The van der Waals surface area contributed by atoms with E-state index in [0.29, 0.717) is 5.56 Å². The van der Waals surface area contributed by atoms with Crippen LogP contribution in [0.5, 0.6) is 5.75 Å². The molecule has 3 atom stereocenters. The van der Waals surface area contributed by atoms with E-state index in [1.165, 1.54) is 12.1 Å². The number of hydrogen-bond donors (Lipinski definition) is 6. The van der Waals surface area contributed by atoms with Crippen molar-refractivity contribution in [2.75, 3.05) is 13.1 Å². The Kier molecular flexibility index (Phi) is 12.6. The summed E-state index contributed by atoms with van der Waals surface area (Å²) >= 11 is 0. The van der Waals surface area contributed by atoms with Crippen LogP contribution >= 0.6 is 0 Å². The largest absolute Gasteiger partial charge is 0.508 e. The summed E-state index contributed by atoms with van der Waals surface area (Å²) in [5.41, 5.74) is 7.30. The predicted octanol–water partition coefficient (Wildman–Crippen LogP) is 0.264. The fourth-order valence-corrected chi connectivity index (χ4v) is 3.66. The van der Waals surface area contributed by atoms with Crippen molar-refractivity contribution in [3.05, 3.63) is 65.7 Å². The minimum absolute atomic E-state index is 0.0440. The maximum Gasteiger partial charge on any atom is 0.345 e. The van der Waals surface area contributed by atoms with Gasteiger partial charge in [0.2, 0.25) is 17.7 Å². The van der Waals surface area contributed by atoms with E-state index in [1.54, 1.807) is 56.3 Å². The van der Waals surface area contributed by atoms with Crippen LogP contribution in [-0.4, -0.2) is 71.2 Å². The lowest BCUT2D eigenvalue weighted by molar-refractivity contribution is -0.166. The number of aromatic hydroxyl groups is 1. The van der Waals surface area contributed by atoms with Gasteiger partial charge in [0.1, 0.15) is 11.8 Å². The minimum atomic E-state index is -1.37. The van der Waals surface area contributed by atoms with Crippen LogP contribution in [0.25, 0.3) is 0 Å². The first-order chi connectivity index (χ1) is 18.9. The quantitative estimate of drug-likeness (QED) is 0.167. The first kappa shape index (κ1) is 31.8. The minimum Gasteiger partial charge on any atom is -0.508 e. The number of carboxylic acids is 1. The van der Waals surface area contributed by atoms with Gasteiger partial charge in [0.05, 0.1) is 19.1 Å². The number of aliphatic carboxylic acids is 1. The highest BCUT2D eigenvalue weighted by molar-refractivity contribution is 5.91. The Morgan fingerprint density at radius 2 is 1.45 bits per heavy atom. The van der Waals surface area contributed by atoms with E-state index in [2.05, 4.69) is 16.0 Å². The molecule has 0 unspecified atom stereocenters. The van der Waals surface area contributed by atoms with Gasteiger partial charge in [-0.25, -0.2) is 9.59 Å². The van der Waals surface area contributed by atoms with Gasteiger partial charge in [0, 0.05) is 6.42 Å². The number of nitrogens with one attached hydrogen (secondary N) is 3. The Morgan fingerprint density at radius 1 is 0.850 bits per heavy atom. The van der Waals surface area contributed by atoms with Gasteiger partial charge in [0.25, 0.3) is 0 Å². The Bertz CT molecular complexity index is 1150. The number of ether oxygens (including phenoxy) is 1. The van der Waals surface area contributed by atoms with Crippen LogP contribution in [0.2, 0.25) is 0 Å². The van der Waals surface area contributed by atoms with Crippen molar-refractivity contribution in [1.82, 2.24) is 16.0 Å². The van der Waals surface area contributed by atoms with E-state index in [-0.39, 0.29) is 30.9 Å². The van der Waals surface area contributed by atoms with Gasteiger partial charge >= 0.3 is 11.9 Å². The number of carbonyl (C=O) groups excluding carboxylic acids is 4. The van der Waals surface area contributed by atoms with Crippen molar-refractivity contribution in [2.45, 2.75) is 51.3 Å². The zero-order chi connectivity index (χ0) is 29.7. The second-order valence-corrected chi connectivity index (χ2v) is 9.67. The summed E-state index contributed by atoms with van der Waals surface area (Å²) in [4.78, 5) is 61.3. The maximum atomic E-state index is 12.8. The second kappa shape index (κ2) is 15.8. The van der Waals surface area contributed by atoms with E-state index in [4.69, 9.17) is 10.5 Å². The van der Waals surface area contributed by atoms with Crippen molar-refractivity contribution in [2.24, 2.45) is 11.7 Å². The standard InChI is InChI=1S/C28H36N4O8/c1-17(2)12-23(27(37)38)40-28(39)22(14-18-6-4-3-5-7-18)32-25(35)16-30-24(34)15-31-26(36)21(29)13-19-8-10-20(33)11-9-19/h3-11,17,21-23,33H,12-16,29H2,1-2H3,(H,30,34)(H,31,36)(H,32,35)(H,37,38)/t21-,22-,23-/m0/s1. The molecule has 0 spiro atoms. The van der Waals surface area contributed by atoms with Gasteiger partial charge in [-0.15, -0.1) is 0 Å². The number of carboxylic acid groups (broad SMARTS) is 1. The molecule has 2 rings (SSSR count). The van der Waals surface area contributed by atoms with E-state index in [0.717, 1.165) is 5.56 Å². The molecule has 0 fully saturated rings. The molecule has 12 nitrogen and oxygen atoms in total. The van der Waals surface area contributed by atoms with Crippen LogP contribution in [0.15, 0.2) is 54.6 Å².